The molecule has 1 saturated heterocycles. The molecular formula is C21H29N3O. The number of aromatic nitrogens is 2. The molecule has 0 bridgehead atoms. The van der Waals surface area contributed by atoms with E-state index in [1.165, 1.54) is 17.7 Å². The fourth-order valence-electron chi connectivity index (χ4n) is 3.76. The van der Waals surface area contributed by atoms with Crippen molar-refractivity contribution in [2.45, 2.75) is 52.5 Å². The minimum Gasteiger partial charge on any atom is -0.343 e. The largest absolute Gasteiger partial charge is 0.343 e. The maximum Gasteiger partial charge on any atom is 0.222 e. The number of carbonyl (C=O) groups excluding carboxylic acids is 1. The van der Waals surface area contributed by atoms with Crippen LogP contribution in [-0.2, 0) is 17.8 Å². The van der Waals surface area contributed by atoms with Gasteiger partial charge in [-0.05, 0) is 51.0 Å². The number of hydrogen-bond acceptors (Lipinski definition) is 2. The molecule has 4 heteroatoms. The second-order valence-corrected chi connectivity index (χ2v) is 7.20. The fourth-order valence-corrected chi connectivity index (χ4v) is 3.76. The van der Waals surface area contributed by atoms with Crippen molar-refractivity contribution >= 4 is 5.91 Å². The van der Waals surface area contributed by atoms with Crippen molar-refractivity contribution in [1.29, 1.82) is 0 Å². The molecule has 1 aliphatic heterocycles. The number of piperidine rings is 1. The topological polar surface area (TPSA) is 38.1 Å². The summed E-state index contributed by atoms with van der Waals surface area (Å²) in [5, 5.41) is 0. The molecule has 1 aromatic heterocycles. The number of carbonyl (C=O) groups is 1. The Bertz CT molecular complexity index is 665. The summed E-state index contributed by atoms with van der Waals surface area (Å²) < 4.78 is 2.30. The molecule has 0 aliphatic carbocycles. The molecule has 1 fully saturated rings. The first kappa shape index (κ1) is 17.7. The molecule has 1 aliphatic rings. The molecule has 0 atom stereocenters. The first-order chi connectivity index (χ1) is 12.1. The zero-order chi connectivity index (χ0) is 17.6. The van der Waals surface area contributed by atoms with Gasteiger partial charge < -0.3 is 9.47 Å². The summed E-state index contributed by atoms with van der Waals surface area (Å²) in [5.74, 6) is 2.13. The van der Waals surface area contributed by atoms with E-state index in [4.69, 9.17) is 0 Å². The number of amides is 1. The van der Waals surface area contributed by atoms with E-state index < -0.39 is 0 Å². The van der Waals surface area contributed by atoms with E-state index in [0.717, 1.165) is 50.6 Å². The normalized spacial score (nSPS) is 15.5. The molecule has 0 unspecified atom stereocenters. The number of aryl methyl sites for hydroxylation is 3. The van der Waals surface area contributed by atoms with Gasteiger partial charge in [-0.15, -0.1) is 0 Å². The van der Waals surface area contributed by atoms with Crippen molar-refractivity contribution in [2.24, 2.45) is 5.92 Å². The van der Waals surface area contributed by atoms with Gasteiger partial charge >= 0.3 is 0 Å². The Morgan fingerprint density at radius 2 is 1.88 bits per heavy atom. The van der Waals surface area contributed by atoms with Gasteiger partial charge in [-0.25, -0.2) is 4.98 Å². The SMILES string of the molecule is Cc1cnc(C)n1CCC1CCN(C(=O)CCc2ccccc2)CC1. The maximum absolute atomic E-state index is 12.4. The summed E-state index contributed by atoms with van der Waals surface area (Å²) in [6, 6.07) is 10.3. The molecule has 1 amide bonds. The Kier molecular flexibility index (Phi) is 5.90. The lowest BCUT2D eigenvalue weighted by Crippen LogP contribution is -2.38. The van der Waals surface area contributed by atoms with Gasteiger partial charge in [0.05, 0.1) is 0 Å². The van der Waals surface area contributed by atoms with E-state index in [2.05, 4.69) is 40.4 Å². The first-order valence-corrected chi connectivity index (χ1v) is 9.44. The standard InChI is InChI=1S/C21H29N3O/c1-17-16-22-18(2)24(17)15-12-20-10-13-23(14-11-20)21(25)9-8-19-6-4-3-5-7-19/h3-7,16,20H,8-15H2,1-2H3. The summed E-state index contributed by atoms with van der Waals surface area (Å²) in [4.78, 5) is 18.9. The molecule has 3 rings (SSSR count). The van der Waals surface area contributed by atoms with Crippen molar-refractivity contribution in [2.75, 3.05) is 13.1 Å². The Balaban J connectivity index is 1.40. The van der Waals surface area contributed by atoms with Gasteiger partial charge in [0.2, 0.25) is 5.91 Å². The van der Waals surface area contributed by atoms with Crippen LogP contribution in [0.1, 0.15) is 42.8 Å². The molecule has 0 spiro atoms. The van der Waals surface area contributed by atoms with Gasteiger partial charge in [-0.1, -0.05) is 30.3 Å². The molecule has 2 aromatic rings. The molecule has 1 aromatic carbocycles. The second kappa shape index (κ2) is 8.32. The number of rotatable bonds is 6. The van der Waals surface area contributed by atoms with Gasteiger partial charge in [0.25, 0.3) is 0 Å². The summed E-state index contributed by atoms with van der Waals surface area (Å²) in [6.45, 7) is 7.07. The Labute approximate surface area is 150 Å². The molecule has 0 N–H and O–H groups in total. The van der Waals surface area contributed by atoms with Gasteiger partial charge in [0.1, 0.15) is 5.82 Å². The third-order valence-corrected chi connectivity index (χ3v) is 5.45. The average molecular weight is 339 g/mol. The molecule has 25 heavy (non-hydrogen) atoms. The number of likely N-dealkylation sites (tertiary alicyclic amines) is 1. The lowest BCUT2D eigenvalue weighted by Gasteiger charge is -2.32. The zero-order valence-electron chi connectivity index (χ0n) is 15.4. The van der Waals surface area contributed by atoms with Crippen LogP contribution in [-0.4, -0.2) is 33.4 Å². The van der Waals surface area contributed by atoms with Crippen LogP contribution in [0.4, 0.5) is 0 Å². The molecule has 4 nitrogen and oxygen atoms in total. The minimum absolute atomic E-state index is 0.309. The first-order valence-electron chi connectivity index (χ1n) is 9.44. The third kappa shape index (κ3) is 4.71. The van der Waals surface area contributed by atoms with Gasteiger partial charge in [0, 0.05) is 37.9 Å². The maximum atomic E-state index is 12.4. The minimum atomic E-state index is 0.309. The van der Waals surface area contributed by atoms with E-state index >= 15 is 0 Å². The van der Waals surface area contributed by atoms with Crippen molar-refractivity contribution in [3.05, 3.63) is 53.6 Å². The van der Waals surface area contributed by atoms with Crippen LogP contribution in [0.3, 0.4) is 0 Å². The molecular weight excluding hydrogens is 310 g/mol. The number of imidazole rings is 1. The predicted molar refractivity (Wildman–Crippen MR) is 100 cm³/mol. The number of nitrogens with zero attached hydrogens (tertiary/aromatic N) is 3. The third-order valence-electron chi connectivity index (χ3n) is 5.45. The summed E-state index contributed by atoms with van der Waals surface area (Å²) in [5.41, 5.74) is 2.49. The van der Waals surface area contributed by atoms with E-state index in [-0.39, 0.29) is 0 Å². The lowest BCUT2D eigenvalue weighted by atomic mass is 9.93. The molecule has 2 heterocycles. The molecule has 134 valence electrons. The van der Waals surface area contributed by atoms with Crippen molar-refractivity contribution in [3.63, 3.8) is 0 Å². The molecule has 0 saturated carbocycles. The van der Waals surface area contributed by atoms with Gasteiger partial charge in [-0.2, -0.15) is 0 Å². The lowest BCUT2D eigenvalue weighted by molar-refractivity contribution is -0.132. The summed E-state index contributed by atoms with van der Waals surface area (Å²) >= 11 is 0. The van der Waals surface area contributed by atoms with Crippen LogP contribution < -0.4 is 0 Å². The van der Waals surface area contributed by atoms with Crippen molar-refractivity contribution in [3.8, 4) is 0 Å². The highest BCUT2D eigenvalue weighted by molar-refractivity contribution is 5.76. The highest BCUT2D eigenvalue weighted by Crippen LogP contribution is 2.22. The van der Waals surface area contributed by atoms with Crippen LogP contribution in [0.5, 0.6) is 0 Å². The Morgan fingerprint density at radius 3 is 2.52 bits per heavy atom. The van der Waals surface area contributed by atoms with Gasteiger partial charge in [-0.3, -0.25) is 4.79 Å². The van der Waals surface area contributed by atoms with E-state index in [1.807, 2.05) is 24.4 Å². The number of hydrogen-bond donors (Lipinski definition) is 0. The highest BCUT2D eigenvalue weighted by Gasteiger charge is 2.22. The van der Waals surface area contributed by atoms with Crippen LogP contribution >= 0.6 is 0 Å². The quantitative estimate of drug-likeness (QED) is 0.804. The Hall–Kier alpha value is -2.10. The van der Waals surface area contributed by atoms with Crippen molar-refractivity contribution < 1.29 is 4.79 Å². The van der Waals surface area contributed by atoms with Crippen LogP contribution in [0.25, 0.3) is 0 Å². The van der Waals surface area contributed by atoms with E-state index in [0.29, 0.717) is 12.3 Å². The van der Waals surface area contributed by atoms with E-state index in [1.54, 1.807) is 0 Å². The summed E-state index contributed by atoms with van der Waals surface area (Å²) in [6.07, 6.45) is 6.86. The molecule has 0 radical (unpaired) electrons. The second-order valence-electron chi connectivity index (χ2n) is 7.20. The Morgan fingerprint density at radius 1 is 1.16 bits per heavy atom. The summed E-state index contributed by atoms with van der Waals surface area (Å²) in [7, 11) is 0. The highest BCUT2D eigenvalue weighted by atomic mass is 16.2. The zero-order valence-corrected chi connectivity index (χ0v) is 15.4. The van der Waals surface area contributed by atoms with Gasteiger partial charge in [0.15, 0.2) is 0 Å². The van der Waals surface area contributed by atoms with Crippen LogP contribution in [0.15, 0.2) is 36.5 Å². The van der Waals surface area contributed by atoms with E-state index in [9.17, 15) is 4.79 Å². The monoisotopic (exact) mass is 339 g/mol. The smallest absolute Gasteiger partial charge is 0.222 e. The predicted octanol–water partition coefficient (Wildman–Crippen LogP) is 3.76. The fraction of sp³-hybridized carbons (Fsp3) is 0.524. The number of benzene rings is 1. The van der Waals surface area contributed by atoms with Crippen LogP contribution in [0.2, 0.25) is 0 Å². The van der Waals surface area contributed by atoms with Crippen LogP contribution in [0, 0.1) is 19.8 Å². The average Bonchev–Trinajstić information content (AvgIpc) is 2.97. The van der Waals surface area contributed by atoms with Crippen molar-refractivity contribution in [1.82, 2.24) is 14.5 Å².